The molecule has 0 radical (unpaired) electrons. The number of benzene rings is 1. The highest BCUT2D eigenvalue weighted by molar-refractivity contribution is 14.1. The molecule has 0 aliphatic heterocycles. The highest BCUT2D eigenvalue weighted by Gasteiger charge is 1.89. The van der Waals surface area contributed by atoms with Gasteiger partial charge < -0.3 is 0 Å². The van der Waals surface area contributed by atoms with E-state index >= 15 is 0 Å². The first-order valence-electron chi connectivity index (χ1n) is 4.43. The largest absolute Gasteiger partial charge is 0.120 e. The quantitative estimate of drug-likeness (QED) is 0.450. The summed E-state index contributed by atoms with van der Waals surface area (Å²) in [7, 11) is 0. The monoisotopic (exact) mass is 298 g/mol. The Morgan fingerprint density at radius 1 is 1.43 bits per heavy atom. The van der Waals surface area contributed by atoms with E-state index < -0.39 is 0 Å². The first-order valence-corrected chi connectivity index (χ1v) is 5.95. The van der Waals surface area contributed by atoms with Gasteiger partial charge >= 0.3 is 0 Å². The summed E-state index contributed by atoms with van der Waals surface area (Å²) in [5, 5.41) is 0. The van der Waals surface area contributed by atoms with Crippen molar-refractivity contribution in [1.82, 2.24) is 0 Å². The molecule has 0 saturated carbocycles. The number of aryl methyl sites for hydroxylation is 1. The molecule has 0 heterocycles. The lowest BCUT2D eigenvalue weighted by molar-refractivity contribution is 1.18. The second-order valence-corrected chi connectivity index (χ2v) is 3.75. The molecule has 1 heteroatoms. The van der Waals surface area contributed by atoms with E-state index in [1.807, 2.05) is 6.08 Å². The Morgan fingerprint density at radius 3 is 2.29 bits per heavy atom. The predicted octanol–water partition coefficient (Wildman–Crippen LogP) is 3.95. The summed E-state index contributed by atoms with van der Waals surface area (Å²) in [6.07, 6.45) is 7.63. The van der Waals surface area contributed by atoms with Gasteiger partial charge in [-0.1, -0.05) is 59.5 Å². The first-order chi connectivity index (χ1) is 6.78. The number of rotatable bonds is 3. The SMILES string of the molecule is C#CC.C=Cc1ccc(CCI)cc1. The van der Waals surface area contributed by atoms with Crippen LogP contribution in [0.4, 0.5) is 0 Å². The molecule has 0 aliphatic carbocycles. The van der Waals surface area contributed by atoms with Crippen LogP contribution in [0.3, 0.4) is 0 Å². The Morgan fingerprint density at radius 2 is 1.93 bits per heavy atom. The second kappa shape index (κ2) is 8.83. The lowest BCUT2D eigenvalue weighted by Gasteiger charge is -1.97. The average Bonchev–Trinajstić information content (AvgIpc) is 2.21. The molecule has 1 aromatic carbocycles. The van der Waals surface area contributed by atoms with Gasteiger partial charge in [0.15, 0.2) is 0 Å². The second-order valence-electron chi connectivity index (χ2n) is 2.67. The maximum Gasteiger partial charge on any atom is 0.00358 e. The van der Waals surface area contributed by atoms with E-state index in [1.165, 1.54) is 15.6 Å². The molecule has 0 saturated heterocycles. The van der Waals surface area contributed by atoms with Crippen LogP contribution in [-0.2, 0) is 6.42 Å². The van der Waals surface area contributed by atoms with E-state index in [-0.39, 0.29) is 0 Å². The van der Waals surface area contributed by atoms with Gasteiger partial charge in [0.1, 0.15) is 0 Å². The molecule has 0 amide bonds. The van der Waals surface area contributed by atoms with Crippen molar-refractivity contribution in [3.8, 4) is 12.3 Å². The number of halogens is 1. The molecule has 0 unspecified atom stereocenters. The Kier molecular flexibility index (Phi) is 8.36. The minimum atomic E-state index is 1.16. The summed E-state index contributed by atoms with van der Waals surface area (Å²) in [6.45, 7) is 5.36. The summed E-state index contributed by atoms with van der Waals surface area (Å²) in [4.78, 5) is 0. The molecule has 1 aromatic rings. The van der Waals surface area contributed by atoms with Crippen LogP contribution in [0.25, 0.3) is 6.08 Å². The minimum absolute atomic E-state index is 1.16. The molecule has 0 atom stereocenters. The van der Waals surface area contributed by atoms with Gasteiger partial charge in [-0.2, -0.15) is 0 Å². The van der Waals surface area contributed by atoms with E-state index in [9.17, 15) is 0 Å². The fraction of sp³-hybridized carbons (Fsp3) is 0.231. The van der Waals surface area contributed by atoms with Crippen molar-refractivity contribution >= 4 is 28.7 Å². The average molecular weight is 298 g/mol. The summed E-state index contributed by atoms with van der Waals surface area (Å²) in [6, 6.07) is 8.54. The Bertz CT molecular complexity index is 290. The number of hydrogen-bond donors (Lipinski definition) is 0. The fourth-order valence-electron chi connectivity index (χ4n) is 0.929. The topological polar surface area (TPSA) is 0 Å². The Hall–Kier alpha value is -0.750. The van der Waals surface area contributed by atoms with E-state index in [4.69, 9.17) is 0 Å². The Balaban J connectivity index is 0.000000500. The molecule has 0 nitrogen and oxygen atoms in total. The maximum absolute atomic E-state index is 4.60. The lowest BCUT2D eigenvalue weighted by Crippen LogP contribution is -1.84. The highest BCUT2D eigenvalue weighted by Crippen LogP contribution is 2.06. The van der Waals surface area contributed by atoms with Gasteiger partial charge in [0.05, 0.1) is 0 Å². The van der Waals surface area contributed by atoms with Gasteiger partial charge in [0.25, 0.3) is 0 Å². The zero-order valence-electron chi connectivity index (χ0n) is 8.46. The van der Waals surface area contributed by atoms with Crippen LogP contribution in [0, 0.1) is 12.3 Å². The summed E-state index contributed by atoms with van der Waals surface area (Å²) in [5.41, 5.74) is 2.60. The van der Waals surface area contributed by atoms with Crippen LogP contribution in [0.1, 0.15) is 18.1 Å². The van der Waals surface area contributed by atoms with E-state index in [0.717, 1.165) is 6.42 Å². The van der Waals surface area contributed by atoms with Crippen molar-refractivity contribution in [2.45, 2.75) is 13.3 Å². The molecule has 0 fully saturated rings. The smallest absolute Gasteiger partial charge is 0.00358 e. The van der Waals surface area contributed by atoms with Gasteiger partial charge in [-0.3, -0.25) is 0 Å². The minimum Gasteiger partial charge on any atom is -0.120 e. The normalized spacial score (nSPS) is 8.07. The maximum atomic E-state index is 4.60. The van der Waals surface area contributed by atoms with Gasteiger partial charge in [-0.05, 0) is 24.5 Å². The molecular formula is C13H15I. The zero-order chi connectivity index (χ0) is 10.8. The first kappa shape index (κ1) is 13.2. The van der Waals surface area contributed by atoms with Gasteiger partial charge in [0, 0.05) is 4.43 Å². The van der Waals surface area contributed by atoms with Gasteiger partial charge in [0.2, 0.25) is 0 Å². The van der Waals surface area contributed by atoms with E-state index in [0.29, 0.717) is 0 Å². The number of alkyl halides is 1. The predicted molar refractivity (Wildman–Crippen MR) is 73.6 cm³/mol. The van der Waals surface area contributed by atoms with E-state index in [2.05, 4.69) is 65.8 Å². The molecule has 14 heavy (non-hydrogen) atoms. The highest BCUT2D eigenvalue weighted by atomic mass is 127. The third-order valence-electron chi connectivity index (χ3n) is 1.60. The molecule has 0 N–H and O–H groups in total. The molecule has 0 aromatic heterocycles. The van der Waals surface area contributed by atoms with Crippen LogP contribution in [0.2, 0.25) is 0 Å². The summed E-state index contributed by atoms with van der Waals surface area (Å²) >= 11 is 2.39. The van der Waals surface area contributed by atoms with Crippen molar-refractivity contribution in [2.75, 3.05) is 4.43 Å². The van der Waals surface area contributed by atoms with Crippen LogP contribution in [0.15, 0.2) is 30.8 Å². The Labute approximate surface area is 101 Å². The van der Waals surface area contributed by atoms with Crippen molar-refractivity contribution < 1.29 is 0 Å². The van der Waals surface area contributed by atoms with E-state index in [1.54, 1.807) is 6.92 Å². The van der Waals surface area contributed by atoms with Crippen LogP contribution >= 0.6 is 22.6 Å². The van der Waals surface area contributed by atoms with Crippen molar-refractivity contribution in [3.05, 3.63) is 42.0 Å². The van der Waals surface area contributed by atoms with Crippen LogP contribution < -0.4 is 0 Å². The van der Waals surface area contributed by atoms with Crippen LogP contribution in [0.5, 0.6) is 0 Å². The lowest BCUT2D eigenvalue weighted by atomic mass is 10.1. The number of terminal acetylenes is 1. The standard InChI is InChI=1S/C10H11I.C3H4/c1-2-9-3-5-10(6-4-9)7-8-11;1-3-2/h2-6H,1,7-8H2;1H,2H3. The summed E-state index contributed by atoms with van der Waals surface area (Å²) in [5.74, 6) is 2.25. The molecule has 74 valence electrons. The van der Waals surface area contributed by atoms with Gasteiger partial charge in [-0.25, -0.2) is 0 Å². The van der Waals surface area contributed by atoms with Gasteiger partial charge in [-0.15, -0.1) is 12.3 Å². The number of hydrogen-bond acceptors (Lipinski definition) is 0. The third kappa shape index (κ3) is 5.82. The zero-order valence-corrected chi connectivity index (χ0v) is 10.6. The van der Waals surface area contributed by atoms with Crippen LogP contribution in [-0.4, -0.2) is 4.43 Å². The van der Waals surface area contributed by atoms with Crippen molar-refractivity contribution in [2.24, 2.45) is 0 Å². The molecule has 0 aliphatic rings. The van der Waals surface area contributed by atoms with Crippen molar-refractivity contribution in [1.29, 1.82) is 0 Å². The molecular weight excluding hydrogens is 283 g/mol. The fourth-order valence-corrected chi connectivity index (χ4v) is 1.55. The van der Waals surface area contributed by atoms with Crippen molar-refractivity contribution in [3.63, 3.8) is 0 Å². The summed E-state index contributed by atoms with van der Waals surface area (Å²) < 4.78 is 1.19. The molecule has 0 spiro atoms. The third-order valence-corrected chi connectivity index (χ3v) is 2.14. The molecule has 1 rings (SSSR count). The molecule has 0 bridgehead atoms.